The minimum atomic E-state index is -1.00. The van der Waals surface area contributed by atoms with E-state index < -0.39 is 5.97 Å². The summed E-state index contributed by atoms with van der Waals surface area (Å²) in [5.74, 6) is 0.0395. The van der Waals surface area contributed by atoms with Gasteiger partial charge in [0.25, 0.3) is 0 Å². The van der Waals surface area contributed by atoms with Crippen LogP contribution in [0.3, 0.4) is 0 Å². The summed E-state index contributed by atoms with van der Waals surface area (Å²) in [6.07, 6.45) is 0.238. The van der Waals surface area contributed by atoms with Gasteiger partial charge >= 0.3 is 5.97 Å². The van der Waals surface area contributed by atoms with Gasteiger partial charge in [0.05, 0.1) is 18.2 Å². The number of benzene rings is 2. The van der Waals surface area contributed by atoms with E-state index in [0.29, 0.717) is 17.9 Å². The number of rotatable bonds is 5. The predicted molar refractivity (Wildman–Crippen MR) is 101 cm³/mol. The van der Waals surface area contributed by atoms with Crippen LogP contribution >= 0.6 is 0 Å². The molecule has 2 aromatic carbocycles. The van der Waals surface area contributed by atoms with Gasteiger partial charge in [-0.25, -0.2) is 5.01 Å². The van der Waals surface area contributed by atoms with Crippen molar-refractivity contribution in [1.82, 2.24) is 5.01 Å². The summed E-state index contributed by atoms with van der Waals surface area (Å²) < 4.78 is 10.8. The summed E-state index contributed by atoms with van der Waals surface area (Å²) in [4.78, 5) is 23.5. The number of hydrazone groups is 1. The second-order valence-corrected chi connectivity index (χ2v) is 6.88. The third kappa shape index (κ3) is 3.55. The van der Waals surface area contributed by atoms with Gasteiger partial charge in [-0.1, -0.05) is 29.8 Å². The van der Waals surface area contributed by atoms with Crippen LogP contribution in [0, 0.1) is 6.92 Å². The molecule has 0 fully saturated rings. The largest absolute Gasteiger partial charge is 0.481 e. The molecular formula is C21H20N2O5. The van der Waals surface area contributed by atoms with Crippen molar-refractivity contribution in [3.63, 3.8) is 0 Å². The fourth-order valence-electron chi connectivity index (χ4n) is 3.37. The van der Waals surface area contributed by atoms with Crippen LogP contribution in [-0.4, -0.2) is 34.5 Å². The molecule has 0 aromatic heterocycles. The fourth-order valence-corrected chi connectivity index (χ4v) is 3.37. The van der Waals surface area contributed by atoms with Gasteiger partial charge in [-0.05, 0) is 30.7 Å². The lowest BCUT2D eigenvalue weighted by molar-refractivity contribution is -0.141. The molecule has 7 heteroatoms. The van der Waals surface area contributed by atoms with Gasteiger partial charge in [-0.15, -0.1) is 0 Å². The van der Waals surface area contributed by atoms with Crippen molar-refractivity contribution in [3.05, 3.63) is 59.2 Å². The number of aliphatic carboxylic acids is 1. The molecule has 7 nitrogen and oxygen atoms in total. The van der Waals surface area contributed by atoms with Gasteiger partial charge in [0.2, 0.25) is 12.7 Å². The van der Waals surface area contributed by atoms with E-state index in [9.17, 15) is 9.59 Å². The van der Waals surface area contributed by atoms with Gasteiger partial charge in [-0.2, -0.15) is 5.10 Å². The van der Waals surface area contributed by atoms with Crippen LogP contribution in [0.4, 0.5) is 0 Å². The summed E-state index contributed by atoms with van der Waals surface area (Å²) in [6.45, 7) is 2.19. The minimum Gasteiger partial charge on any atom is -0.481 e. The maximum Gasteiger partial charge on any atom is 0.303 e. The topological polar surface area (TPSA) is 88.4 Å². The number of nitrogens with zero attached hydrogens (tertiary/aromatic N) is 2. The highest BCUT2D eigenvalue weighted by atomic mass is 16.7. The van der Waals surface area contributed by atoms with Crippen molar-refractivity contribution in [2.45, 2.75) is 32.2 Å². The van der Waals surface area contributed by atoms with Crippen molar-refractivity contribution in [2.75, 3.05) is 6.79 Å². The molecule has 0 spiro atoms. The number of hydrogen-bond acceptors (Lipinski definition) is 5. The van der Waals surface area contributed by atoms with Crippen molar-refractivity contribution in [1.29, 1.82) is 0 Å². The number of carbonyl (C=O) groups excluding carboxylic acids is 1. The van der Waals surface area contributed by atoms with Crippen molar-refractivity contribution < 1.29 is 24.2 Å². The summed E-state index contributed by atoms with van der Waals surface area (Å²) >= 11 is 0. The molecule has 28 heavy (non-hydrogen) atoms. The molecule has 0 aliphatic carbocycles. The predicted octanol–water partition coefficient (Wildman–Crippen LogP) is 3.27. The lowest BCUT2D eigenvalue weighted by Gasteiger charge is -2.22. The van der Waals surface area contributed by atoms with Gasteiger partial charge in [0, 0.05) is 18.4 Å². The van der Waals surface area contributed by atoms with Crippen LogP contribution in [0.15, 0.2) is 47.6 Å². The zero-order valence-corrected chi connectivity index (χ0v) is 15.4. The Kier molecular flexibility index (Phi) is 4.73. The zero-order valence-electron chi connectivity index (χ0n) is 15.4. The van der Waals surface area contributed by atoms with Gasteiger partial charge < -0.3 is 14.6 Å². The molecule has 2 heterocycles. The van der Waals surface area contributed by atoms with E-state index in [-0.39, 0.29) is 31.6 Å². The number of aryl methyl sites for hydroxylation is 1. The molecule has 2 aromatic rings. The number of fused-ring (bicyclic) bond motifs is 1. The molecule has 4 rings (SSSR count). The van der Waals surface area contributed by atoms with Crippen LogP contribution in [0.2, 0.25) is 0 Å². The Morgan fingerprint density at radius 3 is 2.61 bits per heavy atom. The Morgan fingerprint density at radius 1 is 1.11 bits per heavy atom. The third-order valence-electron chi connectivity index (χ3n) is 4.89. The molecule has 0 bridgehead atoms. The van der Waals surface area contributed by atoms with Gasteiger partial charge in [0.15, 0.2) is 11.5 Å². The zero-order chi connectivity index (χ0) is 19.7. The molecule has 1 amide bonds. The lowest BCUT2D eigenvalue weighted by atomic mass is 9.97. The molecule has 144 valence electrons. The quantitative estimate of drug-likeness (QED) is 0.860. The standard InChI is InChI=1S/C21H20N2O5/c1-13-2-4-14(5-3-13)17-11-16(22-23(17)20(24)8-9-21(25)26)15-6-7-18-19(10-15)28-12-27-18/h2-7,10,17H,8-9,11-12H2,1H3,(H,25,26)/t17-/m0/s1. The first-order valence-electron chi connectivity index (χ1n) is 9.09. The molecule has 0 radical (unpaired) electrons. The SMILES string of the molecule is Cc1ccc([C@@H]2CC(c3ccc4c(c3)OCO4)=NN2C(=O)CCC(=O)O)cc1. The van der Waals surface area contributed by atoms with E-state index in [1.165, 1.54) is 5.01 Å². The highest BCUT2D eigenvalue weighted by Crippen LogP contribution is 2.37. The van der Waals surface area contributed by atoms with Crippen LogP contribution in [-0.2, 0) is 9.59 Å². The summed E-state index contributed by atoms with van der Waals surface area (Å²) in [5, 5.41) is 14.9. The van der Waals surface area contributed by atoms with E-state index in [1.54, 1.807) is 0 Å². The first kappa shape index (κ1) is 18.0. The van der Waals surface area contributed by atoms with Crippen LogP contribution in [0.25, 0.3) is 0 Å². The second-order valence-electron chi connectivity index (χ2n) is 6.88. The average molecular weight is 380 g/mol. The molecule has 2 aliphatic heterocycles. The number of carbonyl (C=O) groups is 2. The normalized spacial score (nSPS) is 17.5. The molecule has 1 atom stereocenters. The van der Waals surface area contributed by atoms with E-state index in [4.69, 9.17) is 14.6 Å². The Morgan fingerprint density at radius 2 is 1.86 bits per heavy atom. The Labute approximate surface area is 162 Å². The second kappa shape index (κ2) is 7.34. The Bertz CT molecular complexity index is 952. The van der Waals surface area contributed by atoms with Crippen LogP contribution < -0.4 is 9.47 Å². The summed E-state index contributed by atoms with van der Waals surface area (Å²) in [5.41, 5.74) is 3.71. The number of carboxylic acids is 1. The maximum atomic E-state index is 12.7. The maximum absolute atomic E-state index is 12.7. The lowest BCUT2D eigenvalue weighted by Crippen LogP contribution is -2.27. The first-order valence-corrected chi connectivity index (χ1v) is 9.09. The summed E-state index contributed by atoms with van der Waals surface area (Å²) in [7, 11) is 0. The Hall–Kier alpha value is -3.35. The smallest absolute Gasteiger partial charge is 0.303 e. The molecule has 0 saturated heterocycles. The van der Waals surface area contributed by atoms with Crippen molar-refractivity contribution in [3.8, 4) is 11.5 Å². The summed E-state index contributed by atoms with van der Waals surface area (Å²) in [6, 6.07) is 13.3. The fraction of sp³-hybridized carbons (Fsp3) is 0.286. The number of amides is 1. The first-order chi connectivity index (χ1) is 13.5. The monoisotopic (exact) mass is 380 g/mol. The van der Waals surface area contributed by atoms with Crippen LogP contribution in [0.1, 0.15) is 42.0 Å². The minimum absolute atomic E-state index is 0.0877. The number of carboxylic acid groups (broad SMARTS) is 1. The van der Waals surface area contributed by atoms with E-state index in [2.05, 4.69) is 5.10 Å². The van der Waals surface area contributed by atoms with Gasteiger partial charge in [-0.3, -0.25) is 9.59 Å². The van der Waals surface area contributed by atoms with E-state index in [1.807, 2.05) is 49.4 Å². The van der Waals surface area contributed by atoms with Crippen molar-refractivity contribution in [2.24, 2.45) is 5.10 Å². The van der Waals surface area contributed by atoms with Crippen LogP contribution in [0.5, 0.6) is 11.5 Å². The molecule has 0 unspecified atom stereocenters. The molecule has 1 N–H and O–H groups in total. The number of ether oxygens (including phenoxy) is 2. The average Bonchev–Trinajstić information content (AvgIpc) is 3.33. The number of hydrogen-bond donors (Lipinski definition) is 1. The third-order valence-corrected chi connectivity index (χ3v) is 4.89. The Balaban J connectivity index is 1.64. The molecule has 0 saturated carbocycles. The highest BCUT2D eigenvalue weighted by Gasteiger charge is 2.33. The molecular weight excluding hydrogens is 360 g/mol. The van der Waals surface area contributed by atoms with Crippen molar-refractivity contribution >= 4 is 17.6 Å². The van der Waals surface area contributed by atoms with E-state index >= 15 is 0 Å². The van der Waals surface area contributed by atoms with E-state index in [0.717, 1.165) is 22.4 Å². The highest BCUT2D eigenvalue weighted by molar-refractivity contribution is 6.03. The van der Waals surface area contributed by atoms with Gasteiger partial charge in [0.1, 0.15) is 0 Å². The molecule has 2 aliphatic rings.